The molecule has 8 aromatic rings. The van der Waals surface area contributed by atoms with Crippen LogP contribution in [0.4, 0.5) is 0 Å². The van der Waals surface area contributed by atoms with Gasteiger partial charge in [0.25, 0.3) is 0 Å². The summed E-state index contributed by atoms with van der Waals surface area (Å²) in [5.41, 5.74) is 7.87. The first-order chi connectivity index (χ1) is 19.9. The van der Waals surface area contributed by atoms with Crippen molar-refractivity contribution in [3.63, 3.8) is 0 Å². The second kappa shape index (κ2) is 8.64. The monoisotopic (exact) mass is 590 g/mol. The van der Waals surface area contributed by atoms with Crippen molar-refractivity contribution in [3.8, 4) is 22.9 Å². The molecule has 4 N–H and O–H groups in total. The summed E-state index contributed by atoms with van der Waals surface area (Å²) in [7, 11) is 0. The molecule has 41 heavy (non-hydrogen) atoms. The van der Waals surface area contributed by atoms with E-state index in [9.17, 15) is 20.4 Å². The van der Waals surface area contributed by atoms with E-state index in [1.807, 2.05) is 88.8 Å². The molecule has 4 heterocycles. The van der Waals surface area contributed by atoms with Crippen LogP contribution in [0.1, 0.15) is 22.3 Å². The normalized spacial score (nSPS) is 12.6. The second-order valence-corrected chi connectivity index (χ2v) is 11.2. The number of halogens is 2. The highest BCUT2D eigenvalue weighted by Crippen LogP contribution is 2.39. The smallest absolute Gasteiger partial charge is 0.146 e. The van der Waals surface area contributed by atoms with Gasteiger partial charge in [-0.1, -0.05) is 35.3 Å². The minimum Gasteiger partial charge on any atom is -0.505 e. The van der Waals surface area contributed by atoms with Crippen LogP contribution in [0, 0.1) is 0 Å². The second-order valence-electron chi connectivity index (χ2n) is 10.4. The minimum atomic E-state index is -0.0422. The highest BCUT2D eigenvalue weighted by molar-refractivity contribution is 6.31. The molecule has 4 aromatic heterocycles. The summed E-state index contributed by atoms with van der Waals surface area (Å²) >= 11 is 12.4. The van der Waals surface area contributed by atoms with E-state index < -0.39 is 0 Å². The molecule has 208 valence electrons. The Morgan fingerprint density at radius 3 is 1.37 bits per heavy atom. The van der Waals surface area contributed by atoms with Crippen LogP contribution in [-0.4, -0.2) is 61.8 Å². The Morgan fingerprint density at radius 2 is 0.951 bits per heavy atom. The van der Waals surface area contributed by atoms with E-state index in [1.165, 1.54) is 0 Å². The van der Waals surface area contributed by atoms with Gasteiger partial charge in [0.15, 0.2) is 0 Å². The van der Waals surface area contributed by atoms with Gasteiger partial charge in [-0.15, -0.1) is 28.1 Å². The molecule has 0 atom stereocenters. The third kappa shape index (κ3) is 3.51. The summed E-state index contributed by atoms with van der Waals surface area (Å²) in [6, 6.07) is 18.7. The van der Waals surface area contributed by atoms with Crippen LogP contribution in [0.5, 0.6) is 11.5 Å². The summed E-state index contributed by atoms with van der Waals surface area (Å²) in [5, 5.41) is 43.6. The van der Waals surface area contributed by atoms with Gasteiger partial charge in [-0.2, -0.15) is 0 Å². The lowest BCUT2D eigenvalue weighted by Gasteiger charge is -2.14. The number of benzene rings is 4. The van der Waals surface area contributed by atoms with Gasteiger partial charge in [0.2, 0.25) is 0 Å². The number of phenols is 2. The number of aliphatic hydroxyl groups is 2. The molecule has 0 saturated carbocycles. The highest BCUT2D eigenvalue weighted by atomic mass is 35.5. The van der Waals surface area contributed by atoms with Crippen molar-refractivity contribution in [2.24, 2.45) is 0 Å². The molecule has 0 radical (unpaired) electrons. The molecule has 0 aliphatic carbocycles. The van der Waals surface area contributed by atoms with Crippen LogP contribution < -0.4 is 0 Å². The van der Waals surface area contributed by atoms with E-state index in [2.05, 4.69) is 0 Å². The van der Waals surface area contributed by atoms with Crippen molar-refractivity contribution >= 4 is 45.3 Å². The Balaban J connectivity index is 1.24. The Morgan fingerprint density at radius 1 is 0.537 bits per heavy atom. The van der Waals surface area contributed by atoms with Crippen LogP contribution >= 0.6 is 23.2 Å². The lowest BCUT2D eigenvalue weighted by Crippen LogP contribution is -2.02. The maximum Gasteiger partial charge on any atom is 0.146 e. The molecule has 0 saturated heterocycles. The zero-order chi connectivity index (χ0) is 28.2. The van der Waals surface area contributed by atoms with Crippen molar-refractivity contribution in [2.75, 3.05) is 13.2 Å². The predicted molar refractivity (Wildman–Crippen MR) is 155 cm³/mol. The van der Waals surface area contributed by atoms with Gasteiger partial charge in [-0.05, 0) is 72.5 Å². The summed E-state index contributed by atoms with van der Waals surface area (Å²) in [6.07, 6.45) is 1.05. The fourth-order valence-corrected chi connectivity index (χ4v) is 6.18. The summed E-state index contributed by atoms with van der Waals surface area (Å²) in [6.45, 7) is -0.0843. The summed E-state index contributed by atoms with van der Waals surface area (Å²) in [4.78, 5) is 3.70. The summed E-state index contributed by atoms with van der Waals surface area (Å²) in [5.74, 6) is 0.154. The van der Waals surface area contributed by atoms with Crippen molar-refractivity contribution in [1.82, 2.24) is 28.1 Å². The standard InChI is InChI=1S/C29H24Cl2N6O4/c30-20-1-3-22-24(14-20)34-32(22)36(34)26-11-16(5-7-38)9-18(28(26)40)13-19-10-17(6-8-39)12-27(29(19)41)37-33-23-4-2-21(31)15-25(23)35(33)37/h1-4,9-12,14-15,38-41H,5-8,13H2. The molecular formula is C29H24Cl2N6O4. The Labute approximate surface area is 241 Å². The van der Waals surface area contributed by atoms with Gasteiger partial charge < -0.3 is 20.4 Å². The largest absolute Gasteiger partial charge is 0.505 e. The van der Waals surface area contributed by atoms with Crippen LogP contribution in [0.15, 0.2) is 60.7 Å². The minimum absolute atomic E-state index is 0.0422. The number of aromatic nitrogens is 6. The number of phenolic OH excluding ortho intramolecular Hbond substituents is 2. The third-order valence-electron chi connectivity index (χ3n) is 7.82. The Bertz CT molecular complexity index is 2070. The van der Waals surface area contributed by atoms with E-state index >= 15 is 0 Å². The van der Waals surface area contributed by atoms with Crippen molar-refractivity contribution in [3.05, 3.63) is 93.0 Å². The first-order valence-electron chi connectivity index (χ1n) is 13.2. The van der Waals surface area contributed by atoms with Crippen LogP contribution in [0.3, 0.4) is 0 Å². The van der Waals surface area contributed by atoms with Crippen LogP contribution in [0.2, 0.25) is 10.0 Å². The average molecular weight is 591 g/mol. The van der Waals surface area contributed by atoms with Gasteiger partial charge in [-0.3, -0.25) is 0 Å². The van der Waals surface area contributed by atoms with Gasteiger partial charge >= 0.3 is 0 Å². The number of hydrogen-bond acceptors (Lipinski definition) is 4. The SMILES string of the molecule is OCCc1cc(Cc2cc(CCO)cc(-n3n4c5ccc(Cl)cc5n34)c2O)c(O)c(-n2n3c4ccc(Cl)cc4n23)c1. The zero-order valence-corrected chi connectivity index (χ0v) is 23.0. The van der Waals surface area contributed by atoms with Gasteiger partial charge in [0, 0.05) is 40.8 Å². The topological polar surface area (TPSA) is 108 Å². The van der Waals surface area contributed by atoms with Crippen LogP contribution in [-0.2, 0) is 19.3 Å². The number of aliphatic hydroxyl groups excluding tert-OH is 2. The lowest BCUT2D eigenvalue weighted by molar-refractivity contribution is 0.299. The molecule has 0 bridgehead atoms. The van der Waals surface area contributed by atoms with E-state index in [0.29, 0.717) is 45.4 Å². The van der Waals surface area contributed by atoms with Gasteiger partial charge in [0.1, 0.15) is 44.9 Å². The predicted octanol–water partition coefficient (Wildman–Crippen LogP) is 4.53. The third-order valence-corrected chi connectivity index (χ3v) is 8.29. The fraction of sp³-hybridized carbons (Fsp3) is 0.172. The molecule has 10 nitrogen and oxygen atoms in total. The lowest BCUT2D eigenvalue weighted by atomic mass is 9.96. The maximum absolute atomic E-state index is 11.5. The molecule has 0 spiro atoms. The van der Waals surface area contributed by atoms with Gasteiger partial charge in [-0.25, -0.2) is 0 Å². The Hall–Kier alpha value is -4.22. The van der Waals surface area contributed by atoms with E-state index in [1.54, 1.807) is 0 Å². The van der Waals surface area contributed by atoms with Gasteiger partial charge in [0.05, 0.1) is 0 Å². The average Bonchev–Trinajstić information content (AvgIpc) is 3.81. The number of fused-ring (bicyclic) bond motifs is 8. The van der Waals surface area contributed by atoms with E-state index in [0.717, 1.165) is 33.2 Å². The van der Waals surface area contributed by atoms with Crippen molar-refractivity contribution in [1.29, 1.82) is 0 Å². The molecule has 0 fully saturated rings. The maximum atomic E-state index is 11.5. The molecule has 0 unspecified atom stereocenters. The molecule has 8 rings (SSSR count). The molecule has 0 aliphatic heterocycles. The first-order valence-corrected chi connectivity index (χ1v) is 14.0. The molecule has 0 amide bonds. The fourth-order valence-electron chi connectivity index (χ4n) is 5.85. The quantitative estimate of drug-likeness (QED) is 0.208. The van der Waals surface area contributed by atoms with Crippen molar-refractivity contribution < 1.29 is 20.4 Å². The Kier molecular flexibility index (Phi) is 5.18. The molecule has 12 heteroatoms. The highest BCUT2D eigenvalue weighted by Gasteiger charge is 2.29. The molecular weight excluding hydrogens is 567 g/mol. The first kappa shape index (κ1) is 24.6. The zero-order valence-electron chi connectivity index (χ0n) is 21.5. The van der Waals surface area contributed by atoms with Crippen LogP contribution in [0.25, 0.3) is 33.4 Å². The number of hydrogen-bond donors (Lipinski definition) is 4. The van der Waals surface area contributed by atoms with Crippen molar-refractivity contribution in [2.45, 2.75) is 19.3 Å². The summed E-state index contributed by atoms with van der Waals surface area (Å²) < 4.78 is 7.66. The van der Waals surface area contributed by atoms with E-state index in [4.69, 9.17) is 23.2 Å². The number of nitrogens with zero attached hydrogens (tertiary/aromatic N) is 6. The molecule has 4 aromatic carbocycles. The number of aromatic hydroxyl groups is 2. The van der Waals surface area contributed by atoms with E-state index in [-0.39, 0.29) is 31.1 Å². The molecule has 0 aliphatic rings. The number of rotatable bonds is 8.